The highest BCUT2D eigenvalue weighted by Gasteiger charge is 2.10. The van der Waals surface area contributed by atoms with Crippen LogP contribution in [0.2, 0.25) is 0 Å². The number of hydrogen-bond donors (Lipinski definition) is 0. The SMILES string of the molecule is C=CCC(C(=O)CSc1ccccc1)=C(C)C. The molecule has 0 saturated heterocycles. The van der Waals surface area contributed by atoms with Crippen LogP contribution in [0, 0.1) is 0 Å². The maximum absolute atomic E-state index is 12.0. The lowest BCUT2D eigenvalue weighted by Crippen LogP contribution is -2.06. The summed E-state index contributed by atoms with van der Waals surface area (Å²) in [7, 11) is 0. The standard InChI is InChI=1S/C15H18OS/c1-4-8-14(12(2)3)15(16)11-17-13-9-6-5-7-10-13/h4-7,9-10H,1,8,11H2,2-3H3. The number of Topliss-reactive ketones (excluding diaryl/α,β-unsaturated/α-hetero) is 1. The van der Waals surface area contributed by atoms with Crippen LogP contribution in [-0.2, 0) is 4.79 Å². The van der Waals surface area contributed by atoms with Gasteiger partial charge in [0, 0.05) is 4.90 Å². The molecule has 0 aliphatic heterocycles. The van der Waals surface area contributed by atoms with Gasteiger partial charge < -0.3 is 0 Å². The van der Waals surface area contributed by atoms with Crippen LogP contribution in [0.4, 0.5) is 0 Å². The molecule has 1 rings (SSSR count). The second kappa shape index (κ2) is 7.13. The van der Waals surface area contributed by atoms with Gasteiger partial charge in [-0.05, 0) is 38.0 Å². The van der Waals surface area contributed by atoms with Crippen LogP contribution in [0.3, 0.4) is 0 Å². The first-order valence-corrected chi connectivity index (χ1v) is 6.62. The first-order chi connectivity index (χ1) is 8.15. The van der Waals surface area contributed by atoms with E-state index in [1.165, 1.54) is 0 Å². The van der Waals surface area contributed by atoms with Crippen molar-refractivity contribution in [2.75, 3.05) is 5.75 Å². The summed E-state index contributed by atoms with van der Waals surface area (Å²) in [5.74, 6) is 0.706. The van der Waals surface area contributed by atoms with Gasteiger partial charge in [0.2, 0.25) is 0 Å². The van der Waals surface area contributed by atoms with E-state index in [4.69, 9.17) is 0 Å². The molecule has 0 aliphatic rings. The highest BCUT2D eigenvalue weighted by atomic mass is 32.2. The number of thioether (sulfide) groups is 1. The molecule has 0 aromatic heterocycles. The highest BCUT2D eigenvalue weighted by Crippen LogP contribution is 2.20. The number of hydrogen-bond acceptors (Lipinski definition) is 2. The quantitative estimate of drug-likeness (QED) is 0.424. The summed E-state index contributed by atoms with van der Waals surface area (Å²) in [6, 6.07) is 9.99. The molecule has 1 aromatic carbocycles. The van der Waals surface area contributed by atoms with Crippen LogP contribution in [0.5, 0.6) is 0 Å². The zero-order valence-corrected chi connectivity index (χ0v) is 11.2. The molecule has 0 N–H and O–H groups in total. The Morgan fingerprint density at radius 3 is 2.47 bits per heavy atom. The molecule has 17 heavy (non-hydrogen) atoms. The molecule has 90 valence electrons. The molecule has 2 heteroatoms. The van der Waals surface area contributed by atoms with Gasteiger partial charge in [0.1, 0.15) is 0 Å². The van der Waals surface area contributed by atoms with Crippen LogP contribution in [0.25, 0.3) is 0 Å². The van der Waals surface area contributed by atoms with E-state index in [0.29, 0.717) is 12.2 Å². The Morgan fingerprint density at radius 2 is 1.94 bits per heavy atom. The molecule has 0 atom stereocenters. The summed E-state index contributed by atoms with van der Waals surface area (Å²) in [5.41, 5.74) is 1.98. The first kappa shape index (κ1) is 13.8. The van der Waals surface area contributed by atoms with Gasteiger partial charge in [-0.2, -0.15) is 0 Å². The van der Waals surface area contributed by atoms with Crippen molar-refractivity contribution in [3.63, 3.8) is 0 Å². The summed E-state index contributed by atoms with van der Waals surface area (Å²) in [6.07, 6.45) is 2.45. The van der Waals surface area contributed by atoms with E-state index in [-0.39, 0.29) is 5.78 Å². The normalized spacial score (nSPS) is 9.76. The van der Waals surface area contributed by atoms with Crippen LogP contribution >= 0.6 is 11.8 Å². The second-order valence-electron chi connectivity index (χ2n) is 4.00. The Balaban J connectivity index is 2.60. The topological polar surface area (TPSA) is 17.1 Å². The van der Waals surface area contributed by atoms with Gasteiger partial charge in [-0.1, -0.05) is 29.8 Å². The van der Waals surface area contributed by atoms with Gasteiger partial charge in [-0.25, -0.2) is 0 Å². The third kappa shape index (κ3) is 4.61. The van der Waals surface area contributed by atoms with Crippen molar-refractivity contribution < 1.29 is 4.79 Å². The maximum Gasteiger partial charge on any atom is 0.169 e. The molecule has 0 radical (unpaired) electrons. The third-order valence-corrected chi connectivity index (χ3v) is 3.41. The van der Waals surface area contributed by atoms with Crippen molar-refractivity contribution in [2.45, 2.75) is 25.2 Å². The Bertz CT molecular complexity index is 414. The summed E-state index contributed by atoms with van der Waals surface area (Å²) in [5, 5.41) is 0. The fourth-order valence-electron chi connectivity index (χ4n) is 1.49. The van der Waals surface area contributed by atoms with Gasteiger partial charge in [-0.15, -0.1) is 18.3 Å². The Morgan fingerprint density at radius 1 is 1.29 bits per heavy atom. The lowest BCUT2D eigenvalue weighted by molar-refractivity contribution is -0.113. The molecule has 0 bridgehead atoms. The minimum absolute atomic E-state index is 0.207. The number of carbonyl (C=O) groups excluding carboxylic acids is 1. The molecule has 1 nitrogen and oxygen atoms in total. The molecule has 0 fully saturated rings. The molecular weight excluding hydrogens is 228 g/mol. The Kier molecular flexibility index (Phi) is 5.78. The summed E-state index contributed by atoms with van der Waals surface area (Å²) >= 11 is 1.58. The van der Waals surface area contributed by atoms with Crippen molar-refractivity contribution in [3.05, 3.63) is 54.1 Å². The second-order valence-corrected chi connectivity index (χ2v) is 5.05. The van der Waals surface area contributed by atoms with Gasteiger partial charge in [0.15, 0.2) is 5.78 Å². The summed E-state index contributed by atoms with van der Waals surface area (Å²) in [4.78, 5) is 13.2. The van der Waals surface area contributed by atoms with Crippen LogP contribution in [0.15, 0.2) is 59.0 Å². The predicted molar refractivity (Wildman–Crippen MR) is 75.4 cm³/mol. The minimum atomic E-state index is 0.207. The zero-order valence-electron chi connectivity index (χ0n) is 10.4. The number of rotatable bonds is 6. The van der Waals surface area contributed by atoms with Crippen molar-refractivity contribution in [3.8, 4) is 0 Å². The molecular formula is C15H18OS. The number of carbonyl (C=O) groups is 1. The zero-order chi connectivity index (χ0) is 12.7. The van der Waals surface area contributed by atoms with Gasteiger partial charge in [0.25, 0.3) is 0 Å². The molecule has 0 heterocycles. The average molecular weight is 246 g/mol. The van der Waals surface area contributed by atoms with Crippen LogP contribution in [0.1, 0.15) is 20.3 Å². The van der Waals surface area contributed by atoms with E-state index in [9.17, 15) is 4.79 Å². The van der Waals surface area contributed by atoms with Crippen LogP contribution in [-0.4, -0.2) is 11.5 Å². The van der Waals surface area contributed by atoms with E-state index in [2.05, 4.69) is 6.58 Å². The fourth-order valence-corrected chi connectivity index (χ4v) is 2.32. The van der Waals surface area contributed by atoms with Crippen molar-refractivity contribution in [1.29, 1.82) is 0 Å². The van der Waals surface area contributed by atoms with Crippen molar-refractivity contribution >= 4 is 17.5 Å². The molecule has 0 unspecified atom stereocenters. The lowest BCUT2D eigenvalue weighted by atomic mass is 10.0. The molecule has 0 amide bonds. The van der Waals surface area contributed by atoms with Gasteiger partial charge in [-0.3, -0.25) is 4.79 Å². The van der Waals surface area contributed by atoms with Gasteiger partial charge in [0.05, 0.1) is 5.75 Å². The monoisotopic (exact) mass is 246 g/mol. The van der Waals surface area contributed by atoms with E-state index < -0.39 is 0 Å². The molecule has 0 saturated carbocycles. The first-order valence-electron chi connectivity index (χ1n) is 5.63. The lowest BCUT2D eigenvalue weighted by Gasteiger charge is -2.06. The number of allylic oxidation sites excluding steroid dienone is 3. The Labute approximate surface area is 108 Å². The van der Waals surface area contributed by atoms with E-state index >= 15 is 0 Å². The smallest absolute Gasteiger partial charge is 0.169 e. The molecule has 0 aliphatic carbocycles. The molecule has 1 aromatic rings. The third-order valence-electron chi connectivity index (χ3n) is 2.40. The maximum atomic E-state index is 12.0. The summed E-state index contributed by atoms with van der Waals surface area (Å²) in [6.45, 7) is 7.64. The van der Waals surface area contributed by atoms with E-state index in [0.717, 1.165) is 16.0 Å². The minimum Gasteiger partial charge on any atom is -0.294 e. The number of benzene rings is 1. The van der Waals surface area contributed by atoms with Crippen molar-refractivity contribution in [1.82, 2.24) is 0 Å². The largest absolute Gasteiger partial charge is 0.294 e. The highest BCUT2D eigenvalue weighted by molar-refractivity contribution is 8.00. The van der Waals surface area contributed by atoms with E-state index in [1.54, 1.807) is 17.8 Å². The molecule has 0 spiro atoms. The van der Waals surface area contributed by atoms with E-state index in [1.807, 2.05) is 44.2 Å². The Hall–Kier alpha value is -1.28. The average Bonchev–Trinajstić information content (AvgIpc) is 2.34. The fraction of sp³-hybridized carbons (Fsp3) is 0.267. The van der Waals surface area contributed by atoms with Crippen molar-refractivity contribution in [2.24, 2.45) is 0 Å². The van der Waals surface area contributed by atoms with Crippen LogP contribution < -0.4 is 0 Å². The predicted octanol–water partition coefficient (Wildman–Crippen LogP) is 4.26. The van der Waals surface area contributed by atoms with Gasteiger partial charge >= 0.3 is 0 Å². The summed E-state index contributed by atoms with van der Waals surface area (Å²) < 4.78 is 0. The number of ketones is 1.